The maximum absolute atomic E-state index is 11.9. The van der Waals surface area contributed by atoms with Gasteiger partial charge in [-0.05, 0) is 33.6 Å². The first kappa shape index (κ1) is 12.9. The maximum Gasteiger partial charge on any atom is 0.410 e. The Morgan fingerprint density at radius 2 is 2.11 bits per heavy atom. The molecule has 0 saturated carbocycles. The van der Waals surface area contributed by atoms with E-state index in [0.717, 1.165) is 18.6 Å². The highest BCUT2D eigenvalue weighted by molar-refractivity contribution is 5.68. The van der Waals surface area contributed by atoms with Gasteiger partial charge in [0.1, 0.15) is 11.4 Å². The molecule has 1 aromatic rings. The first-order chi connectivity index (χ1) is 8.46. The number of hydrogen-bond acceptors (Lipinski definition) is 4. The van der Waals surface area contributed by atoms with E-state index < -0.39 is 5.60 Å². The molecular formula is C13H20N2O3. The van der Waals surface area contributed by atoms with E-state index in [2.05, 4.69) is 4.98 Å². The second kappa shape index (κ2) is 5.00. The Morgan fingerprint density at radius 1 is 1.44 bits per heavy atom. The van der Waals surface area contributed by atoms with E-state index in [9.17, 15) is 4.79 Å². The Kier molecular flexibility index (Phi) is 3.59. The largest absolute Gasteiger partial charge is 0.448 e. The lowest BCUT2D eigenvalue weighted by atomic mass is 9.95. The second-order valence-corrected chi connectivity index (χ2v) is 5.65. The Bertz CT molecular complexity index is 387. The van der Waals surface area contributed by atoms with Gasteiger partial charge >= 0.3 is 6.09 Å². The number of ether oxygens (including phenoxy) is 1. The van der Waals surface area contributed by atoms with Crippen molar-refractivity contribution in [1.29, 1.82) is 0 Å². The highest BCUT2D eigenvalue weighted by Crippen LogP contribution is 2.28. The van der Waals surface area contributed by atoms with Crippen molar-refractivity contribution in [1.82, 2.24) is 9.88 Å². The normalized spacial score (nSPS) is 17.8. The zero-order valence-electron chi connectivity index (χ0n) is 11.2. The number of carbonyl (C=O) groups excluding carboxylic acids is 1. The summed E-state index contributed by atoms with van der Waals surface area (Å²) in [6, 6.07) is 0. The predicted octanol–water partition coefficient (Wildman–Crippen LogP) is 2.79. The highest BCUT2D eigenvalue weighted by Gasteiger charge is 2.28. The van der Waals surface area contributed by atoms with E-state index in [-0.39, 0.29) is 6.09 Å². The summed E-state index contributed by atoms with van der Waals surface area (Å²) in [6.07, 6.45) is 4.78. The van der Waals surface area contributed by atoms with Crippen molar-refractivity contribution in [3.8, 4) is 0 Å². The van der Waals surface area contributed by atoms with Gasteiger partial charge in [-0.15, -0.1) is 0 Å². The van der Waals surface area contributed by atoms with Gasteiger partial charge in [-0.25, -0.2) is 9.78 Å². The van der Waals surface area contributed by atoms with Crippen LogP contribution >= 0.6 is 0 Å². The zero-order valence-corrected chi connectivity index (χ0v) is 11.2. The summed E-state index contributed by atoms with van der Waals surface area (Å²) in [4.78, 5) is 17.6. The number of carbonyl (C=O) groups is 1. The molecule has 1 saturated heterocycles. The molecule has 0 aromatic carbocycles. The van der Waals surface area contributed by atoms with Crippen LogP contribution in [-0.2, 0) is 4.74 Å². The molecule has 1 aromatic heterocycles. The van der Waals surface area contributed by atoms with Crippen molar-refractivity contribution in [3.05, 3.63) is 18.4 Å². The molecule has 0 atom stereocenters. The first-order valence-electron chi connectivity index (χ1n) is 6.32. The SMILES string of the molecule is CC(C)(C)OC(=O)N1CCC(c2cnco2)CC1. The number of piperidine rings is 1. The van der Waals surface area contributed by atoms with Crippen molar-refractivity contribution in [2.75, 3.05) is 13.1 Å². The third-order valence-electron chi connectivity index (χ3n) is 3.00. The fourth-order valence-electron chi connectivity index (χ4n) is 2.10. The minimum atomic E-state index is -0.432. The standard InChI is InChI=1S/C13H20N2O3/c1-13(2,3)18-12(16)15-6-4-10(5-7-15)11-8-14-9-17-11/h8-10H,4-7H2,1-3H3. The molecule has 5 nitrogen and oxygen atoms in total. The topological polar surface area (TPSA) is 55.6 Å². The number of aromatic nitrogens is 1. The van der Waals surface area contributed by atoms with E-state index in [4.69, 9.17) is 9.15 Å². The average molecular weight is 252 g/mol. The Balaban J connectivity index is 1.85. The minimum Gasteiger partial charge on any atom is -0.448 e. The second-order valence-electron chi connectivity index (χ2n) is 5.65. The lowest BCUT2D eigenvalue weighted by Crippen LogP contribution is -2.41. The monoisotopic (exact) mass is 252 g/mol. The molecule has 0 bridgehead atoms. The zero-order chi connectivity index (χ0) is 13.2. The summed E-state index contributed by atoms with van der Waals surface area (Å²) in [5, 5.41) is 0. The van der Waals surface area contributed by atoms with Crippen LogP contribution in [0.1, 0.15) is 45.3 Å². The summed E-state index contributed by atoms with van der Waals surface area (Å²) >= 11 is 0. The summed E-state index contributed by atoms with van der Waals surface area (Å²) < 4.78 is 10.7. The van der Waals surface area contributed by atoms with Crippen LogP contribution in [0.5, 0.6) is 0 Å². The van der Waals surface area contributed by atoms with Gasteiger partial charge < -0.3 is 14.1 Å². The van der Waals surface area contributed by atoms with E-state index in [1.54, 1.807) is 11.1 Å². The lowest BCUT2D eigenvalue weighted by molar-refractivity contribution is 0.0200. The molecule has 0 spiro atoms. The fraction of sp³-hybridized carbons (Fsp3) is 0.692. The summed E-state index contributed by atoms with van der Waals surface area (Å²) in [5.74, 6) is 1.28. The molecule has 1 aliphatic heterocycles. The number of likely N-dealkylation sites (tertiary alicyclic amines) is 1. The third kappa shape index (κ3) is 3.24. The molecule has 0 unspecified atom stereocenters. The lowest BCUT2D eigenvalue weighted by Gasteiger charge is -2.32. The number of amides is 1. The van der Waals surface area contributed by atoms with Gasteiger partial charge in [-0.2, -0.15) is 0 Å². The van der Waals surface area contributed by atoms with Gasteiger partial charge in [0, 0.05) is 19.0 Å². The van der Waals surface area contributed by atoms with Crippen LogP contribution in [-0.4, -0.2) is 34.7 Å². The van der Waals surface area contributed by atoms with Crippen molar-refractivity contribution in [3.63, 3.8) is 0 Å². The van der Waals surface area contributed by atoms with Crippen LogP contribution in [0, 0.1) is 0 Å². The third-order valence-corrected chi connectivity index (χ3v) is 3.00. The summed E-state index contributed by atoms with van der Waals surface area (Å²) in [7, 11) is 0. The molecule has 0 N–H and O–H groups in total. The van der Waals surface area contributed by atoms with Gasteiger partial charge in [0.25, 0.3) is 0 Å². The van der Waals surface area contributed by atoms with E-state index in [1.807, 2.05) is 20.8 Å². The van der Waals surface area contributed by atoms with Crippen LogP contribution in [0.15, 0.2) is 17.0 Å². The molecule has 100 valence electrons. The number of hydrogen-bond donors (Lipinski definition) is 0. The Morgan fingerprint density at radius 3 is 2.61 bits per heavy atom. The molecule has 1 aliphatic rings. The molecule has 2 heterocycles. The molecule has 1 fully saturated rings. The van der Waals surface area contributed by atoms with Gasteiger partial charge in [0.15, 0.2) is 6.39 Å². The van der Waals surface area contributed by atoms with Crippen LogP contribution in [0.25, 0.3) is 0 Å². The average Bonchev–Trinajstić information content (AvgIpc) is 2.80. The van der Waals surface area contributed by atoms with Gasteiger partial charge in [0.2, 0.25) is 0 Å². The van der Waals surface area contributed by atoms with Gasteiger partial charge in [-0.3, -0.25) is 0 Å². The van der Waals surface area contributed by atoms with Crippen LogP contribution in [0.4, 0.5) is 4.79 Å². The summed E-state index contributed by atoms with van der Waals surface area (Å²) in [6.45, 7) is 7.06. The van der Waals surface area contributed by atoms with E-state index in [1.165, 1.54) is 6.39 Å². The van der Waals surface area contributed by atoms with Crippen molar-refractivity contribution < 1.29 is 13.9 Å². The minimum absolute atomic E-state index is 0.224. The smallest absolute Gasteiger partial charge is 0.410 e. The van der Waals surface area contributed by atoms with Crippen LogP contribution < -0.4 is 0 Å². The number of rotatable bonds is 1. The fourth-order valence-corrected chi connectivity index (χ4v) is 2.10. The molecule has 1 amide bonds. The van der Waals surface area contributed by atoms with Crippen molar-refractivity contribution >= 4 is 6.09 Å². The van der Waals surface area contributed by atoms with Gasteiger partial charge in [0.05, 0.1) is 6.20 Å². The predicted molar refractivity (Wildman–Crippen MR) is 66.3 cm³/mol. The molecule has 2 rings (SSSR count). The molecular weight excluding hydrogens is 232 g/mol. The highest BCUT2D eigenvalue weighted by atomic mass is 16.6. The summed E-state index contributed by atoms with van der Waals surface area (Å²) in [5.41, 5.74) is -0.432. The van der Waals surface area contributed by atoms with Crippen LogP contribution in [0.2, 0.25) is 0 Å². The van der Waals surface area contributed by atoms with E-state index in [0.29, 0.717) is 19.0 Å². The molecule has 18 heavy (non-hydrogen) atoms. The molecule has 0 radical (unpaired) electrons. The number of nitrogens with zero attached hydrogens (tertiary/aromatic N) is 2. The maximum atomic E-state index is 11.9. The van der Waals surface area contributed by atoms with Crippen LogP contribution in [0.3, 0.4) is 0 Å². The Labute approximate surface area is 107 Å². The Hall–Kier alpha value is -1.52. The molecule has 5 heteroatoms. The van der Waals surface area contributed by atoms with E-state index >= 15 is 0 Å². The van der Waals surface area contributed by atoms with Crippen molar-refractivity contribution in [2.24, 2.45) is 0 Å². The quantitative estimate of drug-likeness (QED) is 0.771. The number of oxazole rings is 1. The van der Waals surface area contributed by atoms with Gasteiger partial charge in [-0.1, -0.05) is 0 Å². The molecule has 0 aliphatic carbocycles. The van der Waals surface area contributed by atoms with Crippen molar-refractivity contribution in [2.45, 2.75) is 45.1 Å². The first-order valence-corrected chi connectivity index (χ1v) is 6.32.